The molecular formula is C21H19FN8OS. The van der Waals surface area contributed by atoms with Crippen LogP contribution in [-0.2, 0) is 24.8 Å². The standard InChI is InChI=1S/C21H19FN8OS/c1-12-16(19-21(29(12)2)27-18(32-19)8-14-5-6-23-28-14)9-24-30(11-31)10-15-4-3-13-7-17(22)26-20(13)25-15/h3-7,9,11H,8,10H2,1-2H3,(H,23,28)(H,25,26)/b24-9-. The van der Waals surface area contributed by atoms with Crippen molar-refractivity contribution in [2.45, 2.75) is 19.9 Å². The summed E-state index contributed by atoms with van der Waals surface area (Å²) in [5, 5.41) is 14.2. The van der Waals surface area contributed by atoms with Gasteiger partial charge in [0.2, 0.25) is 6.41 Å². The number of nitrogens with one attached hydrogen (secondary N) is 2. The second-order valence-corrected chi connectivity index (χ2v) is 8.47. The van der Waals surface area contributed by atoms with Crippen molar-refractivity contribution in [1.82, 2.24) is 34.7 Å². The number of aromatic nitrogens is 6. The highest BCUT2D eigenvalue weighted by molar-refractivity contribution is 7.19. The van der Waals surface area contributed by atoms with Crippen LogP contribution in [0.25, 0.3) is 21.4 Å². The van der Waals surface area contributed by atoms with E-state index in [4.69, 9.17) is 4.98 Å². The van der Waals surface area contributed by atoms with Crippen molar-refractivity contribution in [2.75, 3.05) is 0 Å². The van der Waals surface area contributed by atoms with Crippen LogP contribution in [0.3, 0.4) is 0 Å². The lowest BCUT2D eigenvalue weighted by Crippen LogP contribution is -2.16. The maximum absolute atomic E-state index is 13.4. The Labute approximate surface area is 185 Å². The van der Waals surface area contributed by atoms with Crippen LogP contribution < -0.4 is 0 Å². The van der Waals surface area contributed by atoms with Crippen LogP contribution in [0.15, 0.2) is 35.6 Å². The Balaban J connectivity index is 1.40. The lowest BCUT2D eigenvalue weighted by molar-refractivity contribution is -0.118. The molecular weight excluding hydrogens is 431 g/mol. The molecule has 0 fully saturated rings. The van der Waals surface area contributed by atoms with Gasteiger partial charge in [0.25, 0.3) is 0 Å². The van der Waals surface area contributed by atoms with Crippen molar-refractivity contribution in [2.24, 2.45) is 12.1 Å². The average Bonchev–Trinajstić information content (AvgIpc) is 3.54. The number of hydrogen-bond donors (Lipinski definition) is 2. The van der Waals surface area contributed by atoms with Crippen LogP contribution in [0, 0.1) is 12.9 Å². The largest absolute Gasteiger partial charge is 0.332 e. The van der Waals surface area contributed by atoms with Crippen molar-refractivity contribution in [3.05, 3.63) is 64.1 Å². The molecule has 32 heavy (non-hydrogen) atoms. The highest BCUT2D eigenvalue weighted by atomic mass is 32.1. The van der Waals surface area contributed by atoms with E-state index >= 15 is 0 Å². The molecule has 11 heteroatoms. The molecule has 5 aromatic heterocycles. The average molecular weight is 451 g/mol. The predicted molar refractivity (Wildman–Crippen MR) is 120 cm³/mol. The Hall–Kier alpha value is -3.86. The summed E-state index contributed by atoms with van der Waals surface area (Å²) in [6.45, 7) is 2.16. The van der Waals surface area contributed by atoms with Crippen LogP contribution in [0.1, 0.15) is 27.7 Å². The van der Waals surface area contributed by atoms with Gasteiger partial charge < -0.3 is 9.55 Å². The number of hydrazone groups is 1. The van der Waals surface area contributed by atoms with Gasteiger partial charge in [-0.25, -0.2) is 15.0 Å². The molecule has 0 radical (unpaired) electrons. The topological polar surface area (TPSA) is 108 Å². The Bertz CT molecular complexity index is 1450. The number of carbonyl (C=O) groups excluding carboxylic acids is 1. The molecule has 0 aliphatic heterocycles. The SMILES string of the molecule is Cc1c(/C=N\N(C=O)Cc2ccc3cc(F)[nH]c3n2)c2sc(Cc3ccn[nH]3)nc2n1C. The van der Waals surface area contributed by atoms with Crippen LogP contribution in [0.4, 0.5) is 4.39 Å². The third kappa shape index (κ3) is 3.66. The van der Waals surface area contributed by atoms with Crippen molar-refractivity contribution in [1.29, 1.82) is 0 Å². The van der Waals surface area contributed by atoms with Crippen LogP contribution in [0.5, 0.6) is 0 Å². The van der Waals surface area contributed by atoms with E-state index in [9.17, 15) is 9.18 Å². The Morgan fingerprint density at radius 2 is 2.19 bits per heavy atom. The Morgan fingerprint density at radius 3 is 2.97 bits per heavy atom. The van der Waals surface area contributed by atoms with Crippen LogP contribution in [0.2, 0.25) is 0 Å². The van der Waals surface area contributed by atoms with Crippen LogP contribution in [-0.4, -0.2) is 47.4 Å². The highest BCUT2D eigenvalue weighted by Crippen LogP contribution is 2.30. The number of hydrogen-bond acceptors (Lipinski definition) is 6. The molecule has 9 nitrogen and oxygen atoms in total. The first-order valence-corrected chi connectivity index (χ1v) is 10.7. The third-order valence-electron chi connectivity index (χ3n) is 5.29. The fourth-order valence-electron chi connectivity index (χ4n) is 3.54. The van der Waals surface area contributed by atoms with Gasteiger partial charge >= 0.3 is 0 Å². The van der Waals surface area contributed by atoms with Crippen molar-refractivity contribution < 1.29 is 9.18 Å². The fourth-order valence-corrected chi connectivity index (χ4v) is 4.72. The molecule has 0 atom stereocenters. The zero-order valence-electron chi connectivity index (χ0n) is 17.3. The third-order valence-corrected chi connectivity index (χ3v) is 6.37. The summed E-state index contributed by atoms with van der Waals surface area (Å²) in [6, 6.07) is 6.81. The van der Waals surface area contributed by atoms with Crippen molar-refractivity contribution in [3.63, 3.8) is 0 Å². The number of nitrogens with zero attached hydrogens (tertiary/aromatic N) is 6. The molecule has 5 aromatic rings. The molecule has 0 aromatic carbocycles. The zero-order valence-corrected chi connectivity index (χ0v) is 18.1. The van der Waals surface area contributed by atoms with Gasteiger partial charge in [0.1, 0.15) is 10.7 Å². The van der Waals surface area contributed by atoms with Gasteiger partial charge in [-0.15, -0.1) is 11.3 Å². The number of carbonyl (C=O) groups is 1. The van der Waals surface area contributed by atoms with E-state index in [1.807, 2.05) is 24.6 Å². The molecule has 0 unspecified atom stereocenters. The van der Waals surface area contributed by atoms with E-state index < -0.39 is 5.95 Å². The Morgan fingerprint density at radius 1 is 1.31 bits per heavy atom. The second kappa shape index (κ2) is 8.00. The van der Waals surface area contributed by atoms with E-state index in [1.54, 1.807) is 35.9 Å². The number of H-pyrrole nitrogens is 2. The van der Waals surface area contributed by atoms with E-state index in [0.29, 0.717) is 29.6 Å². The summed E-state index contributed by atoms with van der Waals surface area (Å²) in [4.78, 5) is 23.3. The maximum atomic E-state index is 13.4. The van der Waals surface area contributed by atoms with Gasteiger partial charge in [0.15, 0.2) is 11.6 Å². The van der Waals surface area contributed by atoms with E-state index in [1.165, 1.54) is 11.1 Å². The zero-order chi connectivity index (χ0) is 22.2. The lowest BCUT2D eigenvalue weighted by Gasteiger charge is -2.10. The number of halogens is 1. The fraction of sp³-hybridized carbons (Fsp3) is 0.190. The summed E-state index contributed by atoms with van der Waals surface area (Å²) in [7, 11) is 1.96. The second-order valence-electron chi connectivity index (χ2n) is 7.38. The van der Waals surface area contributed by atoms with Gasteiger partial charge in [-0.2, -0.15) is 14.6 Å². The molecule has 0 spiro atoms. The van der Waals surface area contributed by atoms with E-state index in [0.717, 1.165) is 32.3 Å². The molecule has 2 N–H and O–H groups in total. The molecule has 0 bridgehead atoms. The molecule has 0 saturated heterocycles. The maximum Gasteiger partial charge on any atom is 0.230 e. The summed E-state index contributed by atoms with van der Waals surface area (Å²) in [5.41, 5.74) is 4.82. The number of thiazole rings is 1. The van der Waals surface area contributed by atoms with E-state index in [2.05, 4.69) is 25.3 Å². The van der Waals surface area contributed by atoms with Crippen molar-refractivity contribution >= 4 is 45.3 Å². The molecule has 1 amide bonds. The first-order valence-electron chi connectivity index (χ1n) is 9.85. The van der Waals surface area contributed by atoms with Gasteiger partial charge in [0.05, 0.1) is 23.2 Å². The molecule has 5 heterocycles. The summed E-state index contributed by atoms with van der Waals surface area (Å²) in [5.74, 6) is -0.449. The molecule has 0 aliphatic rings. The molecule has 162 valence electrons. The minimum Gasteiger partial charge on any atom is -0.332 e. The number of aryl methyl sites for hydroxylation is 1. The predicted octanol–water partition coefficient (Wildman–Crippen LogP) is 3.27. The molecule has 0 aliphatic carbocycles. The smallest absolute Gasteiger partial charge is 0.230 e. The van der Waals surface area contributed by atoms with E-state index in [-0.39, 0.29) is 6.54 Å². The summed E-state index contributed by atoms with van der Waals surface area (Å²) in [6.07, 6.45) is 4.71. The van der Waals surface area contributed by atoms with Gasteiger partial charge in [-0.1, -0.05) is 0 Å². The highest BCUT2D eigenvalue weighted by Gasteiger charge is 2.17. The first kappa shape index (κ1) is 20.1. The first-order chi connectivity index (χ1) is 15.5. The van der Waals surface area contributed by atoms with Crippen molar-refractivity contribution in [3.8, 4) is 0 Å². The number of fused-ring (bicyclic) bond motifs is 2. The number of pyridine rings is 1. The molecule has 5 rings (SSSR count). The minimum absolute atomic E-state index is 0.166. The van der Waals surface area contributed by atoms with Crippen LogP contribution >= 0.6 is 11.3 Å². The molecule has 0 saturated carbocycles. The quantitative estimate of drug-likeness (QED) is 0.225. The number of amides is 1. The monoisotopic (exact) mass is 450 g/mol. The summed E-state index contributed by atoms with van der Waals surface area (Å²) >= 11 is 1.59. The van der Waals surface area contributed by atoms with Gasteiger partial charge in [0, 0.05) is 48.1 Å². The number of aromatic amines is 2. The normalized spacial score (nSPS) is 11.8. The number of rotatable bonds is 7. The minimum atomic E-state index is -0.449. The van der Waals surface area contributed by atoms with Gasteiger partial charge in [-0.3, -0.25) is 9.89 Å². The lowest BCUT2D eigenvalue weighted by atomic mass is 10.3. The van der Waals surface area contributed by atoms with Gasteiger partial charge in [-0.05, 0) is 25.1 Å². The Kier molecular flexibility index (Phi) is 5.02. The summed E-state index contributed by atoms with van der Waals surface area (Å²) < 4.78 is 16.4.